The predicted molar refractivity (Wildman–Crippen MR) is 97.0 cm³/mol. The lowest BCUT2D eigenvalue weighted by molar-refractivity contribution is 0.0730. The van der Waals surface area contributed by atoms with Crippen LogP contribution in [0.3, 0.4) is 0 Å². The molecule has 2 nitrogen and oxygen atoms in total. The minimum Gasteiger partial charge on any atom is -0.423 e. The van der Waals surface area contributed by atoms with Crippen molar-refractivity contribution in [3.8, 4) is 5.75 Å². The Labute approximate surface area is 147 Å². The zero-order valence-corrected chi connectivity index (χ0v) is 15.9. The molecule has 2 aromatic rings. The van der Waals surface area contributed by atoms with Crippen LogP contribution in [-0.2, 0) is 5.41 Å². The minimum atomic E-state index is -0.326. The molecule has 0 spiro atoms. The van der Waals surface area contributed by atoms with Crippen LogP contribution in [0.2, 0.25) is 0 Å². The summed E-state index contributed by atoms with van der Waals surface area (Å²) in [6, 6.07) is 13.1. The molecule has 0 atom stereocenters. The summed E-state index contributed by atoms with van der Waals surface area (Å²) in [6.45, 7) is 6.29. The number of esters is 1. The van der Waals surface area contributed by atoms with Gasteiger partial charge in [-0.3, -0.25) is 0 Å². The lowest BCUT2D eigenvalue weighted by atomic mass is 9.86. The molecular formula is C17H16BrIO2. The van der Waals surface area contributed by atoms with E-state index in [0.717, 1.165) is 13.6 Å². The first-order chi connectivity index (χ1) is 9.79. The fraction of sp³-hybridized carbons (Fsp3) is 0.235. The fourth-order valence-corrected chi connectivity index (χ4v) is 2.93. The van der Waals surface area contributed by atoms with E-state index in [2.05, 4.69) is 59.3 Å². The first-order valence-corrected chi connectivity index (χ1v) is 8.43. The third kappa shape index (κ3) is 4.07. The van der Waals surface area contributed by atoms with E-state index in [1.165, 1.54) is 0 Å². The Morgan fingerprint density at radius 3 is 2.43 bits per heavy atom. The molecule has 0 aliphatic heterocycles. The molecule has 110 valence electrons. The van der Waals surface area contributed by atoms with Crippen LogP contribution in [0.25, 0.3) is 0 Å². The smallest absolute Gasteiger partial charge is 0.344 e. The van der Waals surface area contributed by atoms with Crippen LogP contribution in [0, 0.1) is 3.57 Å². The summed E-state index contributed by atoms with van der Waals surface area (Å²) in [5.74, 6) is 0.281. The van der Waals surface area contributed by atoms with Gasteiger partial charge in [-0.05, 0) is 58.3 Å². The van der Waals surface area contributed by atoms with E-state index in [0.29, 0.717) is 11.3 Å². The molecule has 0 radical (unpaired) electrons. The molecule has 0 aliphatic rings. The maximum absolute atomic E-state index is 12.4. The Kier molecular flexibility index (Phi) is 5.09. The van der Waals surface area contributed by atoms with E-state index < -0.39 is 0 Å². The summed E-state index contributed by atoms with van der Waals surface area (Å²) in [7, 11) is 0. The van der Waals surface area contributed by atoms with Gasteiger partial charge < -0.3 is 4.74 Å². The van der Waals surface area contributed by atoms with E-state index in [9.17, 15) is 4.79 Å². The second kappa shape index (κ2) is 6.48. The molecule has 0 saturated carbocycles. The Bertz CT molecular complexity index is 675. The van der Waals surface area contributed by atoms with Gasteiger partial charge >= 0.3 is 5.97 Å². The molecule has 0 bridgehead atoms. The van der Waals surface area contributed by atoms with Crippen molar-refractivity contribution in [1.82, 2.24) is 0 Å². The predicted octanol–water partition coefficient (Wildman–Crippen LogP) is 5.57. The molecule has 0 fully saturated rings. The third-order valence-corrected chi connectivity index (χ3v) is 4.48. The Balaban J connectivity index is 2.36. The van der Waals surface area contributed by atoms with Crippen LogP contribution in [0.4, 0.5) is 0 Å². The third-order valence-electron chi connectivity index (χ3n) is 3.05. The first-order valence-electron chi connectivity index (χ1n) is 6.56. The van der Waals surface area contributed by atoms with Gasteiger partial charge in [0.05, 0.1) is 5.56 Å². The van der Waals surface area contributed by atoms with Gasteiger partial charge in [-0.1, -0.05) is 48.8 Å². The average molecular weight is 459 g/mol. The van der Waals surface area contributed by atoms with Crippen molar-refractivity contribution in [2.75, 3.05) is 0 Å². The Morgan fingerprint density at radius 2 is 1.81 bits per heavy atom. The van der Waals surface area contributed by atoms with Crippen LogP contribution >= 0.6 is 38.5 Å². The van der Waals surface area contributed by atoms with Crippen molar-refractivity contribution >= 4 is 44.5 Å². The maximum Gasteiger partial charge on any atom is 0.344 e. The van der Waals surface area contributed by atoms with E-state index >= 15 is 0 Å². The summed E-state index contributed by atoms with van der Waals surface area (Å²) in [5, 5.41) is 0. The van der Waals surface area contributed by atoms with E-state index in [-0.39, 0.29) is 11.4 Å². The van der Waals surface area contributed by atoms with Crippen molar-refractivity contribution in [1.29, 1.82) is 0 Å². The Morgan fingerprint density at radius 1 is 1.14 bits per heavy atom. The molecule has 0 N–H and O–H groups in total. The van der Waals surface area contributed by atoms with Gasteiger partial charge in [0.2, 0.25) is 0 Å². The normalized spacial score (nSPS) is 11.3. The lowest BCUT2D eigenvalue weighted by Crippen LogP contribution is -2.17. The zero-order chi connectivity index (χ0) is 15.6. The number of ether oxygens (including phenoxy) is 1. The molecule has 0 saturated heterocycles. The molecule has 2 rings (SSSR count). The van der Waals surface area contributed by atoms with Crippen molar-refractivity contribution in [2.45, 2.75) is 26.2 Å². The minimum absolute atomic E-state index is 0.108. The highest BCUT2D eigenvalue weighted by Crippen LogP contribution is 2.34. The van der Waals surface area contributed by atoms with Crippen LogP contribution in [0.5, 0.6) is 5.75 Å². The standard InChI is InChI=1S/C17H16BrIO2/c1-17(2,3)13-10-11(18)8-9-15(13)21-16(20)12-6-4-5-7-14(12)19/h4-10H,1-3H3. The van der Waals surface area contributed by atoms with Gasteiger partial charge in [0.25, 0.3) is 0 Å². The highest BCUT2D eigenvalue weighted by Gasteiger charge is 2.22. The average Bonchev–Trinajstić information content (AvgIpc) is 2.40. The van der Waals surface area contributed by atoms with Gasteiger partial charge in [-0.15, -0.1) is 0 Å². The second-order valence-electron chi connectivity index (χ2n) is 5.76. The molecule has 0 aliphatic carbocycles. The van der Waals surface area contributed by atoms with Crippen molar-refractivity contribution < 1.29 is 9.53 Å². The number of benzene rings is 2. The second-order valence-corrected chi connectivity index (χ2v) is 7.84. The molecule has 4 heteroatoms. The summed E-state index contributed by atoms with van der Waals surface area (Å²) < 4.78 is 7.49. The molecule has 0 unspecified atom stereocenters. The molecule has 21 heavy (non-hydrogen) atoms. The van der Waals surface area contributed by atoms with Crippen LogP contribution in [-0.4, -0.2) is 5.97 Å². The largest absolute Gasteiger partial charge is 0.423 e. The highest BCUT2D eigenvalue weighted by molar-refractivity contribution is 14.1. The van der Waals surface area contributed by atoms with Gasteiger partial charge in [-0.25, -0.2) is 4.79 Å². The number of halogens is 2. The van der Waals surface area contributed by atoms with E-state index in [4.69, 9.17) is 4.74 Å². The summed E-state index contributed by atoms with van der Waals surface area (Å²) in [6.07, 6.45) is 0. The van der Waals surface area contributed by atoms with E-state index in [1.54, 1.807) is 6.07 Å². The number of carbonyl (C=O) groups excluding carboxylic acids is 1. The first kappa shape index (κ1) is 16.5. The summed E-state index contributed by atoms with van der Waals surface area (Å²) in [4.78, 5) is 12.4. The molecule has 0 amide bonds. The number of hydrogen-bond acceptors (Lipinski definition) is 2. The number of rotatable bonds is 2. The quantitative estimate of drug-likeness (QED) is 0.334. The lowest BCUT2D eigenvalue weighted by Gasteiger charge is -2.22. The van der Waals surface area contributed by atoms with Crippen molar-refractivity contribution in [2.24, 2.45) is 0 Å². The monoisotopic (exact) mass is 458 g/mol. The van der Waals surface area contributed by atoms with Gasteiger partial charge in [0.15, 0.2) is 0 Å². The van der Waals surface area contributed by atoms with E-state index in [1.807, 2.05) is 36.4 Å². The SMILES string of the molecule is CC(C)(C)c1cc(Br)ccc1OC(=O)c1ccccc1I. The van der Waals surface area contributed by atoms with Crippen LogP contribution < -0.4 is 4.74 Å². The van der Waals surface area contributed by atoms with Crippen LogP contribution in [0.1, 0.15) is 36.7 Å². The van der Waals surface area contributed by atoms with Crippen molar-refractivity contribution in [3.05, 3.63) is 61.6 Å². The fourth-order valence-electron chi connectivity index (χ4n) is 1.96. The molecule has 0 aromatic heterocycles. The topological polar surface area (TPSA) is 26.3 Å². The Hall–Kier alpha value is -0.880. The number of hydrogen-bond donors (Lipinski definition) is 0. The van der Waals surface area contributed by atoms with Crippen molar-refractivity contribution in [3.63, 3.8) is 0 Å². The summed E-state index contributed by atoms with van der Waals surface area (Å²) >= 11 is 5.61. The highest BCUT2D eigenvalue weighted by atomic mass is 127. The molecule has 0 heterocycles. The summed E-state index contributed by atoms with van der Waals surface area (Å²) in [5.41, 5.74) is 1.47. The zero-order valence-electron chi connectivity index (χ0n) is 12.1. The molecular weight excluding hydrogens is 443 g/mol. The van der Waals surface area contributed by atoms with Gasteiger partial charge in [0, 0.05) is 13.6 Å². The van der Waals surface area contributed by atoms with Crippen LogP contribution in [0.15, 0.2) is 46.9 Å². The van der Waals surface area contributed by atoms with Gasteiger partial charge in [-0.2, -0.15) is 0 Å². The van der Waals surface area contributed by atoms with Gasteiger partial charge in [0.1, 0.15) is 5.75 Å². The molecule has 2 aromatic carbocycles. The maximum atomic E-state index is 12.4. The number of carbonyl (C=O) groups is 1.